The van der Waals surface area contributed by atoms with Gasteiger partial charge in [-0.1, -0.05) is 19.9 Å². The molecule has 0 spiro atoms. The lowest BCUT2D eigenvalue weighted by molar-refractivity contribution is 0.102. The van der Waals surface area contributed by atoms with Gasteiger partial charge in [-0.2, -0.15) is 0 Å². The molecule has 1 N–H and O–H groups in total. The Balaban J connectivity index is 2.10. The molecule has 0 aromatic heterocycles. The predicted molar refractivity (Wildman–Crippen MR) is 98.3 cm³/mol. The van der Waals surface area contributed by atoms with Gasteiger partial charge in [-0.3, -0.25) is 4.79 Å². The average molecular weight is 376 g/mol. The Morgan fingerprint density at radius 3 is 2.48 bits per heavy atom. The Hall–Kier alpha value is -1.81. The Morgan fingerprint density at radius 1 is 1.13 bits per heavy atom. The van der Waals surface area contributed by atoms with Gasteiger partial charge in [0.05, 0.1) is 11.1 Å². The van der Waals surface area contributed by atoms with Gasteiger partial charge in [-0.05, 0) is 77.2 Å². The molecular weight excluding hydrogens is 354 g/mol. The molecule has 0 heterocycles. The largest absolute Gasteiger partial charge is 0.492 e. The molecule has 2 aromatic carbocycles. The van der Waals surface area contributed by atoms with Crippen LogP contribution in [0.4, 0.5) is 5.69 Å². The van der Waals surface area contributed by atoms with E-state index in [1.165, 1.54) is 5.56 Å². The second kappa shape index (κ2) is 7.64. The summed E-state index contributed by atoms with van der Waals surface area (Å²) in [6, 6.07) is 11.3. The van der Waals surface area contributed by atoms with Crippen molar-refractivity contribution >= 4 is 27.5 Å². The fourth-order valence-corrected chi connectivity index (χ4v) is 2.53. The first-order valence-electron chi connectivity index (χ1n) is 7.67. The van der Waals surface area contributed by atoms with E-state index in [1.54, 1.807) is 12.1 Å². The maximum atomic E-state index is 12.4. The zero-order chi connectivity index (χ0) is 17.0. The Bertz CT molecular complexity index is 711. The number of carbonyl (C=O) groups excluding carboxylic acids is 1. The number of anilines is 1. The fraction of sp³-hybridized carbons (Fsp3) is 0.316. The molecule has 0 aliphatic carbocycles. The molecule has 0 saturated carbocycles. The van der Waals surface area contributed by atoms with Gasteiger partial charge >= 0.3 is 0 Å². The third kappa shape index (κ3) is 4.83. The molecule has 0 fully saturated rings. The topological polar surface area (TPSA) is 38.3 Å². The first-order valence-corrected chi connectivity index (χ1v) is 8.47. The van der Waals surface area contributed by atoms with Crippen LogP contribution in [0.25, 0.3) is 0 Å². The van der Waals surface area contributed by atoms with Gasteiger partial charge < -0.3 is 10.1 Å². The summed E-state index contributed by atoms with van der Waals surface area (Å²) in [6.45, 7) is 8.92. The Morgan fingerprint density at radius 2 is 1.87 bits per heavy atom. The van der Waals surface area contributed by atoms with Crippen molar-refractivity contribution in [2.24, 2.45) is 5.92 Å². The number of halogens is 1. The van der Waals surface area contributed by atoms with Crippen molar-refractivity contribution in [3.63, 3.8) is 0 Å². The van der Waals surface area contributed by atoms with Crippen LogP contribution in [0.5, 0.6) is 5.75 Å². The van der Waals surface area contributed by atoms with Gasteiger partial charge in [0, 0.05) is 11.3 Å². The summed E-state index contributed by atoms with van der Waals surface area (Å²) in [5, 5.41) is 2.92. The molecule has 0 aliphatic rings. The highest BCUT2D eigenvalue weighted by atomic mass is 79.9. The lowest BCUT2D eigenvalue weighted by atomic mass is 10.1. The van der Waals surface area contributed by atoms with E-state index in [1.807, 2.05) is 38.1 Å². The van der Waals surface area contributed by atoms with Crippen LogP contribution in [-0.4, -0.2) is 12.5 Å². The lowest BCUT2D eigenvalue weighted by Gasteiger charge is -2.12. The molecule has 0 bridgehead atoms. The van der Waals surface area contributed by atoms with Gasteiger partial charge in [0.15, 0.2) is 0 Å². The number of carbonyl (C=O) groups is 1. The lowest BCUT2D eigenvalue weighted by Crippen LogP contribution is -2.12. The number of rotatable bonds is 5. The zero-order valence-electron chi connectivity index (χ0n) is 13.9. The van der Waals surface area contributed by atoms with E-state index in [4.69, 9.17) is 4.74 Å². The SMILES string of the molecule is Cc1ccc(NC(=O)c2ccc(OCC(C)C)c(Br)c2)cc1C. The highest BCUT2D eigenvalue weighted by Gasteiger charge is 2.10. The summed E-state index contributed by atoms with van der Waals surface area (Å²) in [5.41, 5.74) is 3.75. The number of nitrogens with one attached hydrogen (secondary N) is 1. The summed E-state index contributed by atoms with van der Waals surface area (Å²) in [6.07, 6.45) is 0. The van der Waals surface area contributed by atoms with E-state index < -0.39 is 0 Å². The minimum atomic E-state index is -0.135. The van der Waals surface area contributed by atoms with Crippen molar-refractivity contribution in [3.8, 4) is 5.75 Å². The first kappa shape index (κ1) is 17.5. The van der Waals surface area contributed by atoms with Crippen LogP contribution in [0, 0.1) is 19.8 Å². The molecular formula is C19H22BrNO2. The Labute approximate surface area is 146 Å². The molecule has 3 nitrogen and oxygen atoms in total. The van der Waals surface area contributed by atoms with Crippen molar-refractivity contribution in [2.75, 3.05) is 11.9 Å². The first-order chi connectivity index (χ1) is 10.9. The monoisotopic (exact) mass is 375 g/mol. The van der Waals surface area contributed by atoms with Gasteiger partial charge in [0.25, 0.3) is 5.91 Å². The van der Waals surface area contributed by atoms with Crippen LogP contribution < -0.4 is 10.1 Å². The maximum absolute atomic E-state index is 12.4. The summed E-state index contributed by atoms with van der Waals surface area (Å²) in [5.74, 6) is 1.07. The number of hydrogen-bond acceptors (Lipinski definition) is 2. The molecule has 2 aromatic rings. The van der Waals surface area contributed by atoms with Crippen LogP contribution in [0.2, 0.25) is 0 Å². The number of ether oxygens (including phenoxy) is 1. The van der Waals surface area contributed by atoms with E-state index >= 15 is 0 Å². The highest BCUT2D eigenvalue weighted by Crippen LogP contribution is 2.27. The molecule has 0 saturated heterocycles. The van der Waals surface area contributed by atoms with Crippen LogP contribution in [0.3, 0.4) is 0 Å². The minimum absolute atomic E-state index is 0.135. The minimum Gasteiger partial charge on any atom is -0.492 e. The standard InChI is InChI=1S/C19H22BrNO2/c1-12(2)11-23-18-8-6-15(10-17(18)20)19(22)21-16-7-5-13(3)14(4)9-16/h5-10,12H,11H2,1-4H3,(H,21,22). The van der Waals surface area contributed by atoms with Gasteiger partial charge in [-0.25, -0.2) is 0 Å². The molecule has 23 heavy (non-hydrogen) atoms. The maximum Gasteiger partial charge on any atom is 0.255 e. The second-order valence-corrected chi connectivity index (χ2v) is 6.96. The predicted octanol–water partition coefficient (Wildman–Crippen LogP) is 5.35. The quantitative estimate of drug-likeness (QED) is 0.764. The fourth-order valence-electron chi connectivity index (χ4n) is 2.04. The summed E-state index contributed by atoms with van der Waals surface area (Å²) in [4.78, 5) is 12.4. The van der Waals surface area contributed by atoms with Crippen molar-refractivity contribution in [2.45, 2.75) is 27.7 Å². The average Bonchev–Trinajstić information content (AvgIpc) is 2.49. The normalized spacial score (nSPS) is 10.7. The summed E-state index contributed by atoms with van der Waals surface area (Å²) in [7, 11) is 0. The zero-order valence-corrected chi connectivity index (χ0v) is 15.5. The molecule has 0 atom stereocenters. The molecule has 0 unspecified atom stereocenters. The van der Waals surface area contributed by atoms with Crippen molar-refractivity contribution in [1.29, 1.82) is 0 Å². The van der Waals surface area contributed by atoms with E-state index in [0.717, 1.165) is 21.5 Å². The van der Waals surface area contributed by atoms with E-state index in [2.05, 4.69) is 35.1 Å². The molecule has 4 heteroatoms. The number of aryl methyl sites for hydroxylation is 2. The number of benzene rings is 2. The van der Waals surface area contributed by atoms with Crippen molar-refractivity contribution < 1.29 is 9.53 Å². The third-order valence-electron chi connectivity index (χ3n) is 3.53. The molecule has 122 valence electrons. The molecule has 0 radical (unpaired) electrons. The summed E-state index contributed by atoms with van der Waals surface area (Å²) >= 11 is 3.47. The number of amides is 1. The molecule has 1 amide bonds. The van der Waals surface area contributed by atoms with Crippen LogP contribution in [0.1, 0.15) is 35.3 Å². The van der Waals surface area contributed by atoms with Crippen molar-refractivity contribution in [3.05, 3.63) is 57.6 Å². The van der Waals surface area contributed by atoms with Gasteiger partial charge in [0.2, 0.25) is 0 Å². The smallest absolute Gasteiger partial charge is 0.255 e. The van der Waals surface area contributed by atoms with E-state index in [0.29, 0.717) is 18.1 Å². The number of hydrogen-bond donors (Lipinski definition) is 1. The highest BCUT2D eigenvalue weighted by molar-refractivity contribution is 9.10. The third-order valence-corrected chi connectivity index (χ3v) is 4.15. The van der Waals surface area contributed by atoms with Crippen LogP contribution in [-0.2, 0) is 0 Å². The summed E-state index contributed by atoms with van der Waals surface area (Å²) < 4.78 is 6.48. The Kier molecular flexibility index (Phi) is 5.83. The van der Waals surface area contributed by atoms with Crippen LogP contribution in [0.15, 0.2) is 40.9 Å². The van der Waals surface area contributed by atoms with E-state index in [9.17, 15) is 4.79 Å². The van der Waals surface area contributed by atoms with Crippen molar-refractivity contribution in [1.82, 2.24) is 0 Å². The molecule has 2 rings (SSSR count). The van der Waals surface area contributed by atoms with Crippen LogP contribution >= 0.6 is 15.9 Å². The van der Waals surface area contributed by atoms with Gasteiger partial charge in [-0.15, -0.1) is 0 Å². The van der Waals surface area contributed by atoms with E-state index in [-0.39, 0.29) is 5.91 Å². The second-order valence-electron chi connectivity index (χ2n) is 6.10. The van der Waals surface area contributed by atoms with Gasteiger partial charge in [0.1, 0.15) is 5.75 Å². The molecule has 0 aliphatic heterocycles.